The molecule has 0 fully saturated rings. The lowest BCUT2D eigenvalue weighted by molar-refractivity contribution is 0.0968. The summed E-state index contributed by atoms with van der Waals surface area (Å²) in [5.74, 6) is -0.320. The summed E-state index contributed by atoms with van der Waals surface area (Å²) in [5.41, 5.74) is 1.53. The molecular weight excluding hydrogens is 271 g/mol. The first-order valence-corrected chi connectivity index (χ1v) is 6.28. The monoisotopic (exact) mass is 284 g/mol. The van der Waals surface area contributed by atoms with Crippen LogP contribution >= 0.6 is 0 Å². The third-order valence-electron chi connectivity index (χ3n) is 2.93. The molecule has 2 bridgehead atoms. The Labute approximate surface area is 121 Å². The molecule has 1 amide bonds. The zero-order chi connectivity index (χ0) is 15.2. The second-order valence-corrected chi connectivity index (χ2v) is 4.44. The van der Waals surface area contributed by atoms with Gasteiger partial charge in [0.25, 0.3) is 5.91 Å². The van der Waals surface area contributed by atoms with Crippen molar-refractivity contribution in [3.63, 3.8) is 0 Å². The van der Waals surface area contributed by atoms with Crippen LogP contribution in [0, 0.1) is 24.2 Å². The van der Waals surface area contributed by atoms with Gasteiger partial charge >= 0.3 is 0 Å². The van der Waals surface area contributed by atoms with E-state index in [0.29, 0.717) is 5.56 Å². The first-order chi connectivity index (χ1) is 10.1. The van der Waals surface area contributed by atoms with Gasteiger partial charge in [-0.25, -0.2) is 4.39 Å². The number of nitriles is 1. The molecule has 0 saturated carbocycles. The molecule has 2 aliphatic heterocycles. The lowest BCUT2D eigenvalue weighted by Gasteiger charge is -2.11. The molecule has 1 N–H and O–H groups in total. The minimum absolute atomic E-state index is 0.110. The number of nitrogens with one attached hydrogen (secondary N) is 1. The number of nitrogens with zero attached hydrogens (tertiary/aromatic N) is 1. The van der Waals surface area contributed by atoms with Crippen molar-refractivity contribution in [1.29, 1.82) is 5.26 Å². The summed E-state index contributed by atoms with van der Waals surface area (Å²) in [5, 5.41) is 10.0. The van der Waals surface area contributed by atoms with Crippen LogP contribution in [0.25, 0.3) is 0 Å². The zero-order valence-electron chi connectivity index (χ0n) is 11.4. The first-order valence-electron chi connectivity index (χ1n) is 6.28. The highest BCUT2D eigenvalue weighted by molar-refractivity contribution is 5.95. The predicted octanol–water partition coefficient (Wildman–Crippen LogP) is 2.92. The van der Waals surface area contributed by atoms with Gasteiger partial charge in [0, 0.05) is 0 Å². The fourth-order valence-electron chi connectivity index (χ4n) is 1.79. The normalized spacial score (nSPS) is 10.7. The van der Waals surface area contributed by atoms with Crippen molar-refractivity contribution in [2.24, 2.45) is 0 Å². The van der Waals surface area contributed by atoms with Crippen LogP contribution in [0.1, 0.15) is 21.5 Å². The van der Waals surface area contributed by atoms with Gasteiger partial charge in [-0.15, -0.1) is 0 Å². The maximum atomic E-state index is 13.2. The summed E-state index contributed by atoms with van der Waals surface area (Å²) in [7, 11) is 0. The molecule has 0 unspecified atom stereocenters. The van der Waals surface area contributed by atoms with E-state index >= 15 is 0 Å². The molecule has 0 saturated heterocycles. The summed E-state index contributed by atoms with van der Waals surface area (Å²) in [4.78, 5) is 11.0. The Balaban J connectivity index is 0.000000170. The van der Waals surface area contributed by atoms with Crippen LogP contribution in [0.15, 0.2) is 42.5 Å². The molecule has 0 spiro atoms. The number of benzene rings is 2. The molecule has 2 aromatic carbocycles. The number of aryl methyl sites for hydroxylation is 1. The molecule has 0 aromatic heterocycles. The van der Waals surface area contributed by atoms with E-state index in [9.17, 15) is 9.18 Å². The number of hydrogen-bond acceptors (Lipinski definition) is 3. The summed E-state index contributed by atoms with van der Waals surface area (Å²) < 4.78 is 18.4. The van der Waals surface area contributed by atoms with Gasteiger partial charge in [0.2, 0.25) is 0 Å². The van der Waals surface area contributed by atoms with Crippen LogP contribution in [0.5, 0.6) is 5.75 Å². The number of carbonyl (C=O) groups excluding carboxylic acids is 1. The average Bonchev–Trinajstić information content (AvgIpc) is 2.53. The van der Waals surface area contributed by atoms with E-state index in [1.165, 1.54) is 17.8 Å². The van der Waals surface area contributed by atoms with Crippen LogP contribution in [0.4, 0.5) is 4.39 Å². The Hall–Kier alpha value is -2.87. The van der Waals surface area contributed by atoms with E-state index in [0.717, 1.165) is 12.4 Å². The highest BCUT2D eigenvalue weighted by Gasteiger charge is 2.11. The highest BCUT2D eigenvalue weighted by atomic mass is 19.1. The Kier molecular flexibility index (Phi) is 4.52. The van der Waals surface area contributed by atoms with E-state index in [1.807, 2.05) is 17.4 Å². The summed E-state index contributed by atoms with van der Waals surface area (Å²) in [6.07, 6.45) is 1.45. The van der Waals surface area contributed by atoms with Crippen LogP contribution < -0.4 is 10.1 Å². The third-order valence-corrected chi connectivity index (χ3v) is 2.93. The molecule has 21 heavy (non-hydrogen) atoms. The number of fused-ring (bicyclic) bond motifs is 3. The summed E-state index contributed by atoms with van der Waals surface area (Å²) in [6.45, 7) is 2.32. The van der Waals surface area contributed by atoms with Crippen molar-refractivity contribution in [1.82, 2.24) is 5.32 Å². The number of rotatable bonds is 1. The smallest absolute Gasteiger partial charge is 0.267 e. The van der Waals surface area contributed by atoms with E-state index in [4.69, 9.17) is 10.00 Å². The number of hydrogen-bond donors (Lipinski definition) is 1. The fraction of sp³-hybridized carbons (Fsp3) is 0.125. The molecule has 4 rings (SSSR count). The topological polar surface area (TPSA) is 62.1 Å². The zero-order valence-corrected chi connectivity index (χ0v) is 11.4. The maximum Gasteiger partial charge on any atom is 0.267 e. The van der Waals surface area contributed by atoms with Gasteiger partial charge in [-0.2, -0.15) is 5.26 Å². The molecule has 0 atom stereocenters. The van der Waals surface area contributed by atoms with E-state index in [2.05, 4.69) is 12.1 Å². The lowest BCUT2D eigenvalue weighted by atomic mass is 10.1. The van der Waals surface area contributed by atoms with Crippen molar-refractivity contribution < 1.29 is 13.9 Å². The molecule has 0 radical (unpaired) electrons. The SMILES string of the molecule is Cc1cccc(C(=O)NC#N)c1F.c1cc2ccc1CO2. The van der Waals surface area contributed by atoms with Gasteiger partial charge in [-0.1, -0.05) is 24.3 Å². The molecule has 2 aliphatic rings. The van der Waals surface area contributed by atoms with Crippen molar-refractivity contribution in [2.45, 2.75) is 13.5 Å². The lowest BCUT2D eigenvalue weighted by Crippen LogP contribution is -2.19. The van der Waals surface area contributed by atoms with Crippen molar-refractivity contribution in [3.8, 4) is 11.9 Å². The summed E-state index contributed by atoms with van der Waals surface area (Å²) in [6, 6.07) is 12.6. The Morgan fingerprint density at radius 3 is 2.43 bits per heavy atom. The van der Waals surface area contributed by atoms with Gasteiger partial charge in [-0.3, -0.25) is 10.1 Å². The Morgan fingerprint density at radius 1 is 1.29 bits per heavy atom. The second kappa shape index (κ2) is 6.53. The van der Waals surface area contributed by atoms with Gasteiger partial charge in [0.1, 0.15) is 18.2 Å². The maximum absolute atomic E-state index is 13.2. The van der Waals surface area contributed by atoms with Gasteiger partial charge in [0.15, 0.2) is 6.19 Å². The Bertz CT molecular complexity index is 667. The van der Waals surface area contributed by atoms with E-state index in [1.54, 1.807) is 19.1 Å². The molecule has 4 nitrogen and oxygen atoms in total. The molecular formula is C16H13FN2O2. The minimum Gasteiger partial charge on any atom is -0.489 e. The third kappa shape index (κ3) is 3.57. The van der Waals surface area contributed by atoms with Crippen molar-refractivity contribution in [3.05, 3.63) is 65.0 Å². The van der Waals surface area contributed by atoms with Gasteiger partial charge in [-0.05, 0) is 36.2 Å². The van der Waals surface area contributed by atoms with E-state index < -0.39 is 11.7 Å². The van der Waals surface area contributed by atoms with Crippen LogP contribution in [0.3, 0.4) is 0 Å². The van der Waals surface area contributed by atoms with Crippen molar-refractivity contribution in [2.75, 3.05) is 0 Å². The minimum atomic E-state index is -0.719. The largest absolute Gasteiger partial charge is 0.489 e. The second-order valence-electron chi connectivity index (χ2n) is 4.44. The average molecular weight is 284 g/mol. The van der Waals surface area contributed by atoms with E-state index in [-0.39, 0.29) is 5.56 Å². The van der Waals surface area contributed by atoms with Gasteiger partial charge in [0.05, 0.1) is 5.56 Å². The van der Waals surface area contributed by atoms with Crippen LogP contribution in [-0.4, -0.2) is 5.91 Å². The van der Waals surface area contributed by atoms with Crippen molar-refractivity contribution >= 4 is 5.91 Å². The first kappa shape index (κ1) is 14.5. The predicted molar refractivity (Wildman–Crippen MR) is 75.0 cm³/mol. The van der Waals surface area contributed by atoms with Crippen LogP contribution in [-0.2, 0) is 6.61 Å². The Morgan fingerprint density at radius 2 is 2.00 bits per heavy atom. The molecule has 5 heteroatoms. The fourth-order valence-corrected chi connectivity index (χ4v) is 1.79. The van der Waals surface area contributed by atoms with Gasteiger partial charge < -0.3 is 4.74 Å². The number of carbonyl (C=O) groups is 1. The quantitative estimate of drug-likeness (QED) is 0.647. The highest BCUT2D eigenvalue weighted by Crippen LogP contribution is 2.19. The molecule has 2 heterocycles. The standard InChI is InChI=1S/C9H7FN2O.C7H6O/c1-6-3-2-4-7(8(6)10)9(13)12-5-11;1-3-7-4-2-6(1)5-8-7/h2-4H,1H3,(H,12,13);1-4H,5H2. The number of halogens is 1. The number of amides is 1. The molecule has 2 aromatic rings. The van der Waals surface area contributed by atoms with Crippen LogP contribution in [0.2, 0.25) is 0 Å². The molecule has 0 aliphatic carbocycles. The number of ether oxygens (including phenoxy) is 1. The summed E-state index contributed by atoms with van der Waals surface area (Å²) >= 11 is 0. The molecule has 106 valence electrons.